The fourth-order valence-corrected chi connectivity index (χ4v) is 3.58. The number of carbonyl (C=O) groups excluding carboxylic acids is 1. The van der Waals surface area contributed by atoms with Gasteiger partial charge in [-0.1, -0.05) is 6.07 Å². The minimum absolute atomic E-state index is 0.0755. The Morgan fingerprint density at radius 2 is 1.78 bits per heavy atom. The van der Waals surface area contributed by atoms with E-state index in [9.17, 15) is 9.18 Å². The molecule has 0 aliphatic carbocycles. The molecule has 1 aromatic carbocycles. The molecule has 0 bridgehead atoms. The van der Waals surface area contributed by atoms with E-state index >= 15 is 0 Å². The molecule has 32 heavy (non-hydrogen) atoms. The molecule has 0 saturated carbocycles. The Morgan fingerprint density at radius 3 is 2.31 bits per heavy atom. The molecular formula is C23H35BFNO6. The molecule has 2 atom stereocenters. The molecule has 178 valence electrons. The third-order valence-electron chi connectivity index (χ3n) is 6.12. The maximum absolute atomic E-state index is 14.9. The van der Waals surface area contributed by atoms with Gasteiger partial charge in [0.1, 0.15) is 11.7 Å². The zero-order valence-corrected chi connectivity index (χ0v) is 20.4. The quantitative estimate of drug-likeness (QED) is 0.651. The SMILES string of the molecule is COc1cc(B2OC(C)(C)C(C)(C)O2)ccc1O[C@H]1CCN(C(=O)OC(C)(C)C)C[C@@H]1F. The number of nitrogens with zero attached hydrogens (tertiary/aromatic N) is 1. The summed E-state index contributed by atoms with van der Waals surface area (Å²) in [7, 11) is 1.00. The highest BCUT2D eigenvalue weighted by Gasteiger charge is 2.51. The number of rotatable bonds is 4. The minimum atomic E-state index is -1.34. The first-order valence-corrected chi connectivity index (χ1v) is 11.0. The average molecular weight is 451 g/mol. The van der Waals surface area contributed by atoms with Crippen molar-refractivity contribution in [2.75, 3.05) is 20.2 Å². The first kappa shape index (κ1) is 24.6. The molecule has 3 rings (SSSR count). The molecule has 0 aromatic heterocycles. The largest absolute Gasteiger partial charge is 0.494 e. The number of benzene rings is 1. The van der Waals surface area contributed by atoms with Crippen LogP contribution in [0.1, 0.15) is 54.9 Å². The van der Waals surface area contributed by atoms with Crippen molar-refractivity contribution in [2.24, 2.45) is 0 Å². The number of alkyl halides is 1. The maximum atomic E-state index is 14.9. The second-order valence-electron chi connectivity index (χ2n) is 10.4. The summed E-state index contributed by atoms with van der Waals surface area (Å²) in [6.07, 6.45) is -2.19. The number of hydrogen-bond donors (Lipinski definition) is 0. The van der Waals surface area contributed by atoms with Crippen LogP contribution < -0.4 is 14.9 Å². The van der Waals surface area contributed by atoms with Gasteiger partial charge in [0.25, 0.3) is 0 Å². The van der Waals surface area contributed by atoms with E-state index in [4.69, 9.17) is 23.5 Å². The van der Waals surface area contributed by atoms with Gasteiger partial charge in [0.05, 0.1) is 24.9 Å². The molecule has 0 N–H and O–H groups in total. The van der Waals surface area contributed by atoms with Crippen LogP contribution in [0.2, 0.25) is 0 Å². The monoisotopic (exact) mass is 451 g/mol. The summed E-state index contributed by atoms with van der Waals surface area (Å²) in [4.78, 5) is 13.6. The molecule has 2 heterocycles. The van der Waals surface area contributed by atoms with Gasteiger partial charge < -0.3 is 28.4 Å². The summed E-state index contributed by atoms with van der Waals surface area (Å²) in [6.45, 7) is 13.6. The van der Waals surface area contributed by atoms with E-state index in [0.717, 1.165) is 5.46 Å². The lowest BCUT2D eigenvalue weighted by atomic mass is 9.79. The Bertz CT molecular complexity index is 824. The Labute approximate surface area is 190 Å². The van der Waals surface area contributed by atoms with Crippen LogP contribution in [0.15, 0.2) is 18.2 Å². The lowest BCUT2D eigenvalue weighted by Crippen LogP contribution is -2.50. The number of likely N-dealkylation sites (tertiary alicyclic amines) is 1. The summed E-state index contributed by atoms with van der Waals surface area (Å²) >= 11 is 0. The van der Waals surface area contributed by atoms with E-state index in [0.29, 0.717) is 24.5 Å². The van der Waals surface area contributed by atoms with Crippen molar-refractivity contribution in [1.29, 1.82) is 0 Å². The van der Waals surface area contributed by atoms with Gasteiger partial charge in [-0.2, -0.15) is 0 Å². The van der Waals surface area contributed by atoms with Gasteiger partial charge in [-0.05, 0) is 66.1 Å². The fourth-order valence-electron chi connectivity index (χ4n) is 3.58. The maximum Gasteiger partial charge on any atom is 0.494 e. The number of carbonyl (C=O) groups is 1. The highest BCUT2D eigenvalue weighted by Crippen LogP contribution is 2.37. The highest BCUT2D eigenvalue weighted by atomic mass is 19.1. The first-order chi connectivity index (χ1) is 14.7. The highest BCUT2D eigenvalue weighted by molar-refractivity contribution is 6.62. The summed E-state index contributed by atoms with van der Waals surface area (Å²) < 4.78 is 43.8. The van der Waals surface area contributed by atoms with Crippen LogP contribution in [0.25, 0.3) is 0 Å². The average Bonchev–Trinajstić information content (AvgIpc) is 2.89. The molecule has 2 aliphatic rings. The van der Waals surface area contributed by atoms with Crippen LogP contribution in [-0.2, 0) is 14.0 Å². The van der Waals surface area contributed by atoms with E-state index < -0.39 is 42.3 Å². The van der Waals surface area contributed by atoms with Crippen LogP contribution in [0.4, 0.5) is 9.18 Å². The Morgan fingerprint density at radius 1 is 1.16 bits per heavy atom. The van der Waals surface area contributed by atoms with Crippen molar-refractivity contribution in [3.8, 4) is 11.5 Å². The molecule has 0 radical (unpaired) electrons. The van der Waals surface area contributed by atoms with Crippen molar-refractivity contribution >= 4 is 18.7 Å². The predicted molar refractivity (Wildman–Crippen MR) is 120 cm³/mol. The van der Waals surface area contributed by atoms with Gasteiger partial charge in [0.2, 0.25) is 0 Å². The Kier molecular flexibility index (Phi) is 6.73. The molecule has 2 fully saturated rings. The lowest BCUT2D eigenvalue weighted by molar-refractivity contribution is -0.0110. The summed E-state index contributed by atoms with van der Waals surface area (Å²) in [6, 6.07) is 5.37. The second-order valence-corrected chi connectivity index (χ2v) is 10.4. The molecule has 9 heteroatoms. The van der Waals surface area contributed by atoms with Crippen molar-refractivity contribution in [3.05, 3.63) is 18.2 Å². The molecular weight excluding hydrogens is 416 g/mol. The smallest absolute Gasteiger partial charge is 0.493 e. The third-order valence-corrected chi connectivity index (χ3v) is 6.12. The molecule has 2 saturated heterocycles. The van der Waals surface area contributed by atoms with Crippen LogP contribution in [-0.4, -0.2) is 67.4 Å². The zero-order chi connectivity index (χ0) is 23.9. The van der Waals surface area contributed by atoms with E-state index in [1.165, 1.54) is 12.0 Å². The van der Waals surface area contributed by atoms with Gasteiger partial charge in [0, 0.05) is 13.0 Å². The van der Waals surface area contributed by atoms with Gasteiger partial charge >= 0.3 is 13.2 Å². The normalized spacial score (nSPS) is 24.9. The minimum Gasteiger partial charge on any atom is -0.493 e. The van der Waals surface area contributed by atoms with Crippen LogP contribution in [0.3, 0.4) is 0 Å². The van der Waals surface area contributed by atoms with Crippen LogP contribution >= 0.6 is 0 Å². The van der Waals surface area contributed by atoms with Crippen LogP contribution in [0.5, 0.6) is 11.5 Å². The number of piperidine rings is 1. The molecule has 1 aromatic rings. The van der Waals surface area contributed by atoms with Gasteiger partial charge in [0.15, 0.2) is 17.7 Å². The lowest BCUT2D eigenvalue weighted by Gasteiger charge is -2.35. The van der Waals surface area contributed by atoms with Gasteiger partial charge in [-0.25, -0.2) is 9.18 Å². The number of halogens is 1. The molecule has 7 nitrogen and oxygen atoms in total. The summed E-state index contributed by atoms with van der Waals surface area (Å²) in [5, 5.41) is 0. The third kappa shape index (κ3) is 5.31. The van der Waals surface area contributed by atoms with E-state index in [2.05, 4.69) is 0 Å². The van der Waals surface area contributed by atoms with Crippen molar-refractivity contribution in [2.45, 2.75) is 84.0 Å². The van der Waals surface area contributed by atoms with Gasteiger partial charge in [-0.3, -0.25) is 0 Å². The topological polar surface area (TPSA) is 66.5 Å². The van der Waals surface area contributed by atoms with Crippen molar-refractivity contribution in [3.63, 3.8) is 0 Å². The molecule has 0 spiro atoms. The molecule has 1 amide bonds. The molecule has 2 aliphatic heterocycles. The molecule has 0 unspecified atom stereocenters. The van der Waals surface area contributed by atoms with E-state index in [-0.39, 0.29) is 6.54 Å². The number of hydrogen-bond acceptors (Lipinski definition) is 6. The Balaban J connectivity index is 1.66. The number of methoxy groups -OCH3 is 1. The number of ether oxygens (including phenoxy) is 3. The van der Waals surface area contributed by atoms with Crippen molar-refractivity contribution < 1.29 is 32.7 Å². The number of amides is 1. The van der Waals surface area contributed by atoms with E-state index in [1.807, 2.05) is 33.8 Å². The fraction of sp³-hybridized carbons (Fsp3) is 0.696. The first-order valence-electron chi connectivity index (χ1n) is 11.0. The predicted octanol–water partition coefficient (Wildman–Crippen LogP) is 3.72. The Hall–Kier alpha value is -2.00. The van der Waals surface area contributed by atoms with Crippen LogP contribution in [0, 0.1) is 0 Å². The zero-order valence-electron chi connectivity index (χ0n) is 20.4. The second kappa shape index (κ2) is 8.74. The summed E-state index contributed by atoms with van der Waals surface area (Å²) in [5.74, 6) is 0.908. The van der Waals surface area contributed by atoms with E-state index in [1.54, 1.807) is 32.9 Å². The standard InChI is InChI=1S/C23H35BFNO6/c1-21(2,3)30-20(27)26-12-11-17(16(25)14-26)29-18-10-9-15(13-19(18)28-8)24-31-22(4,5)23(6,7)32-24/h9-10,13,16-17H,11-12,14H2,1-8H3/t16-,17-/m0/s1. The van der Waals surface area contributed by atoms with Crippen molar-refractivity contribution in [1.82, 2.24) is 4.90 Å². The summed E-state index contributed by atoms with van der Waals surface area (Å²) in [5.41, 5.74) is -0.736. The van der Waals surface area contributed by atoms with Gasteiger partial charge in [-0.15, -0.1) is 0 Å².